The minimum atomic E-state index is -1.09. The highest BCUT2D eigenvalue weighted by molar-refractivity contribution is 5.87. The molecule has 1 heterocycles. The molecule has 2 unspecified atom stereocenters. The highest BCUT2D eigenvalue weighted by Crippen LogP contribution is 2.58. The van der Waals surface area contributed by atoms with Crippen LogP contribution >= 0.6 is 0 Å². The number of carboxylic acid groups (broad SMARTS) is 1. The summed E-state index contributed by atoms with van der Waals surface area (Å²) in [7, 11) is 0. The average molecular weight is 256 g/mol. The second kappa shape index (κ2) is 5.24. The number of rotatable bonds is 5. The molecular weight excluding hydrogens is 236 g/mol. The molecule has 6 heteroatoms. The zero-order valence-electron chi connectivity index (χ0n) is 10.3. The van der Waals surface area contributed by atoms with Gasteiger partial charge in [-0.05, 0) is 37.8 Å². The molecule has 0 radical (unpaired) electrons. The molecule has 0 aromatic carbocycles. The van der Waals surface area contributed by atoms with E-state index in [1.54, 1.807) is 0 Å². The molecule has 1 spiro atoms. The molecule has 4 N–H and O–H groups in total. The van der Waals surface area contributed by atoms with Crippen LogP contribution in [0.3, 0.4) is 0 Å². The predicted molar refractivity (Wildman–Crippen MR) is 63.9 cm³/mol. The topological polar surface area (TPSA) is 98.7 Å². The van der Waals surface area contributed by atoms with Crippen molar-refractivity contribution >= 4 is 11.9 Å². The Bertz CT molecular complexity index is 339. The van der Waals surface area contributed by atoms with E-state index in [0.717, 1.165) is 32.4 Å². The number of piperidine rings is 1. The molecule has 0 aromatic heterocycles. The number of hydrogen-bond donors (Lipinski definition) is 4. The molecule has 6 nitrogen and oxygen atoms in total. The largest absolute Gasteiger partial charge is 0.480 e. The molecule has 0 bridgehead atoms. The van der Waals surface area contributed by atoms with E-state index in [0.29, 0.717) is 0 Å². The summed E-state index contributed by atoms with van der Waals surface area (Å²) in [5, 5.41) is 23.5. The van der Waals surface area contributed by atoms with Crippen LogP contribution in [0.5, 0.6) is 0 Å². The molecule has 2 atom stereocenters. The van der Waals surface area contributed by atoms with Crippen LogP contribution in [0.25, 0.3) is 0 Å². The lowest BCUT2D eigenvalue weighted by Gasteiger charge is -2.23. The van der Waals surface area contributed by atoms with Crippen molar-refractivity contribution in [3.8, 4) is 0 Å². The van der Waals surface area contributed by atoms with Crippen LogP contribution in [0, 0.1) is 11.3 Å². The molecule has 2 aliphatic rings. The lowest BCUT2D eigenvalue weighted by Crippen LogP contribution is -2.43. The Balaban J connectivity index is 1.87. The first kappa shape index (κ1) is 13.3. The summed E-state index contributed by atoms with van der Waals surface area (Å²) in [5.41, 5.74) is 0.109. The van der Waals surface area contributed by atoms with Gasteiger partial charge in [-0.25, -0.2) is 4.79 Å². The Morgan fingerprint density at radius 3 is 2.61 bits per heavy atom. The molecule has 1 aliphatic heterocycles. The maximum atomic E-state index is 12.0. The summed E-state index contributed by atoms with van der Waals surface area (Å²) in [6.07, 6.45) is 2.90. The van der Waals surface area contributed by atoms with Crippen molar-refractivity contribution in [2.24, 2.45) is 11.3 Å². The smallest absolute Gasteiger partial charge is 0.326 e. The van der Waals surface area contributed by atoms with Crippen LogP contribution in [0.2, 0.25) is 0 Å². The minimum absolute atomic E-state index is 0.0415. The molecule has 0 aromatic rings. The van der Waals surface area contributed by atoms with E-state index >= 15 is 0 Å². The lowest BCUT2D eigenvalue weighted by molar-refractivity contribution is -0.142. The van der Waals surface area contributed by atoms with Crippen molar-refractivity contribution in [3.05, 3.63) is 0 Å². The Morgan fingerprint density at radius 2 is 2.06 bits per heavy atom. The molecule has 1 aliphatic carbocycles. The normalized spacial score (nSPS) is 26.6. The van der Waals surface area contributed by atoms with E-state index in [1.165, 1.54) is 0 Å². The molecule has 18 heavy (non-hydrogen) atoms. The monoisotopic (exact) mass is 256 g/mol. The molecule has 1 saturated carbocycles. The maximum absolute atomic E-state index is 12.0. The van der Waals surface area contributed by atoms with Gasteiger partial charge in [0.25, 0.3) is 0 Å². The Kier molecular flexibility index (Phi) is 3.87. The van der Waals surface area contributed by atoms with Gasteiger partial charge in [0.2, 0.25) is 5.91 Å². The van der Waals surface area contributed by atoms with Gasteiger partial charge in [-0.1, -0.05) is 0 Å². The van der Waals surface area contributed by atoms with E-state index in [-0.39, 0.29) is 30.3 Å². The summed E-state index contributed by atoms with van der Waals surface area (Å²) in [6, 6.07) is -0.970. The fourth-order valence-corrected chi connectivity index (χ4v) is 2.85. The lowest BCUT2D eigenvalue weighted by atomic mass is 9.91. The van der Waals surface area contributed by atoms with Gasteiger partial charge in [0.15, 0.2) is 0 Å². The van der Waals surface area contributed by atoms with Crippen molar-refractivity contribution < 1.29 is 19.8 Å². The van der Waals surface area contributed by atoms with E-state index in [2.05, 4.69) is 10.6 Å². The van der Waals surface area contributed by atoms with Crippen molar-refractivity contribution in [3.63, 3.8) is 0 Å². The van der Waals surface area contributed by atoms with Gasteiger partial charge in [-0.2, -0.15) is 0 Å². The van der Waals surface area contributed by atoms with Gasteiger partial charge in [-0.3, -0.25) is 4.79 Å². The zero-order chi connectivity index (χ0) is 13.2. The molecule has 2 rings (SSSR count). The molecule has 1 saturated heterocycles. The van der Waals surface area contributed by atoms with Gasteiger partial charge < -0.3 is 20.8 Å². The van der Waals surface area contributed by atoms with Crippen LogP contribution < -0.4 is 10.6 Å². The van der Waals surface area contributed by atoms with Gasteiger partial charge in [0.05, 0.1) is 0 Å². The fraction of sp³-hybridized carbons (Fsp3) is 0.833. The average Bonchev–Trinajstić information content (AvgIpc) is 3.03. The third-order valence-electron chi connectivity index (χ3n) is 4.14. The van der Waals surface area contributed by atoms with Crippen molar-refractivity contribution in [1.29, 1.82) is 0 Å². The summed E-state index contributed by atoms with van der Waals surface area (Å²) in [4.78, 5) is 22.9. The van der Waals surface area contributed by atoms with E-state index < -0.39 is 12.0 Å². The molecule has 2 fully saturated rings. The number of carbonyl (C=O) groups is 2. The number of aliphatic hydroxyl groups excluding tert-OH is 1. The minimum Gasteiger partial charge on any atom is -0.480 e. The molecular formula is C12H20N2O4. The van der Waals surface area contributed by atoms with Gasteiger partial charge in [0, 0.05) is 18.9 Å². The Morgan fingerprint density at radius 1 is 1.39 bits per heavy atom. The standard InChI is InChI=1S/C12H20N2O4/c15-6-1-9(11(17)18)14-10(16)8-7-12(8)2-4-13-5-3-12/h8-9,13,15H,1-7H2,(H,14,16)(H,17,18). The van der Waals surface area contributed by atoms with Crippen LogP contribution in [0.15, 0.2) is 0 Å². The van der Waals surface area contributed by atoms with Crippen molar-refractivity contribution in [1.82, 2.24) is 10.6 Å². The van der Waals surface area contributed by atoms with Gasteiger partial charge >= 0.3 is 5.97 Å². The number of aliphatic carboxylic acids is 1. The van der Waals surface area contributed by atoms with Crippen LogP contribution in [0.4, 0.5) is 0 Å². The summed E-state index contributed by atoms with van der Waals surface area (Å²) in [5.74, 6) is -1.30. The molecule has 1 amide bonds. The molecule has 102 valence electrons. The number of nitrogens with one attached hydrogen (secondary N) is 2. The summed E-state index contributed by atoms with van der Waals surface area (Å²) < 4.78 is 0. The van der Waals surface area contributed by atoms with Crippen LogP contribution in [-0.4, -0.2) is 47.8 Å². The summed E-state index contributed by atoms with van der Waals surface area (Å²) >= 11 is 0. The Hall–Kier alpha value is -1.14. The SMILES string of the molecule is O=C(O)C(CCO)NC(=O)C1CC12CCNCC2. The van der Waals surface area contributed by atoms with E-state index in [4.69, 9.17) is 10.2 Å². The van der Waals surface area contributed by atoms with E-state index in [1.807, 2.05) is 0 Å². The first-order valence-corrected chi connectivity index (χ1v) is 6.44. The van der Waals surface area contributed by atoms with Crippen molar-refractivity contribution in [2.75, 3.05) is 19.7 Å². The van der Waals surface area contributed by atoms with Crippen molar-refractivity contribution in [2.45, 2.75) is 31.7 Å². The second-order valence-electron chi connectivity index (χ2n) is 5.28. The van der Waals surface area contributed by atoms with E-state index in [9.17, 15) is 9.59 Å². The Labute approximate surface area is 106 Å². The van der Waals surface area contributed by atoms with Crippen LogP contribution in [-0.2, 0) is 9.59 Å². The van der Waals surface area contributed by atoms with Crippen LogP contribution in [0.1, 0.15) is 25.7 Å². The first-order chi connectivity index (χ1) is 8.59. The third-order valence-corrected chi connectivity index (χ3v) is 4.14. The highest BCUT2D eigenvalue weighted by Gasteiger charge is 2.57. The number of carbonyl (C=O) groups excluding carboxylic acids is 1. The number of hydrogen-bond acceptors (Lipinski definition) is 4. The quantitative estimate of drug-likeness (QED) is 0.523. The predicted octanol–water partition coefficient (Wildman–Crippen LogP) is -0.672. The second-order valence-corrected chi connectivity index (χ2v) is 5.28. The number of amides is 1. The summed E-state index contributed by atoms with van der Waals surface area (Å²) in [6.45, 7) is 1.63. The highest BCUT2D eigenvalue weighted by atomic mass is 16.4. The van der Waals surface area contributed by atoms with Gasteiger partial charge in [0.1, 0.15) is 6.04 Å². The fourth-order valence-electron chi connectivity index (χ4n) is 2.85. The number of aliphatic hydroxyl groups is 1. The third kappa shape index (κ3) is 2.64. The first-order valence-electron chi connectivity index (χ1n) is 6.44. The van der Waals surface area contributed by atoms with Gasteiger partial charge in [-0.15, -0.1) is 0 Å². The number of carboxylic acids is 1. The zero-order valence-corrected chi connectivity index (χ0v) is 10.3. The maximum Gasteiger partial charge on any atom is 0.326 e.